The molecule has 0 aliphatic rings. The zero-order valence-corrected chi connectivity index (χ0v) is 17.5. The standard InChI is InChI=1S/C22H22ClN3O5/c1-30-22(29)18(11-14-2-6-15(23)7-3-14)25-20(28)19-12-31-21(26-19)17(24)10-13-4-8-16(27)9-5-13/h2-9,12,17-18,27H,10-11,24H2,1H3,(H,25,28). The molecule has 4 N–H and O–H groups in total. The number of phenolic OH excluding ortho intramolecular Hbond substituents is 1. The van der Waals surface area contributed by atoms with Crippen LogP contribution in [-0.2, 0) is 22.4 Å². The Morgan fingerprint density at radius 1 is 1.13 bits per heavy atom. The number of carbonyl (C=O) groups is 2. The molecule has 0 spiro atoms. The van der Waals surface area contributed by atoms with Gasteiger partial charge in [-0.25, -0.2) is 9.78 Å². The second-order valence-corrected chi connectivity index (χ2v) is 7.36. The number of esters is 1. The van der Waals surface area contributed by atoms with Gasteiger partial charge in [-0.15, -0.1) is 0 Å². The zero-order chi connectivity index (χ0) is 22.4. The molecular weight excluding hydrogens is 422 g/mol. The Morgan fingerprint density at radius 2 is 1.74 bits per heavy atom. The van der Waals surface area contributed by atoms with Crippen molar-refractivity contribution in [3.63, 3.8) is 0 Å². The van der Waals surface area contributed by atoms with E-state index in [0.29, 0.717) is 11.4 Å². The summed E-state index contributed by atoms with van der Waals surface area (Å²) < 4.78 is 10.2. The van der Waals surface area contributed by atoms with Crippen molar-refractivity contribution in [1.82, 2.24) is 10.3 Å². The molecule has 0 bridgehead atoms. The fourth-order valence-corrected chi connectivity index (χ4v) is 3.09. The predicted octanol–water partition coefficient (Wildman–Crippen LogP) is 2.79. The highest BCUT2D eigenvalue weighted by Gasteiger charge is 2.25. The molecule has 31 heavy (non-hydrogen) atoms. The second-order valence-electron chi connectivity index (χ2n) is 6.93. The van der Waals surface area contributed by atoms with Gasteiger partial charge >= 0.3 is 5.97 Å². The van der Waals surface area contributed by atoms with E-state index in [9.17, 15) is 14.7 Å². The average Bonchev–Trinajstić information content (AvgIpc) is 3.26. The van der Waals surface area contributed by atoms with Crippen LogP contribution in [0.1, 0.15) is 33.5 Å². The first-order chi connectivity index (χ1) is 14.9. The summed E-state index contributed by atoms with van der Waals surface area (Å²) in [5.41, 5.74) is 7.81. The summed E-state index contributed by atoms with van der Waals surface area (Å²) in [4.78, 5) is 28.9. The number of carbonyl (C=O) groups excluding carboxylic acids is 2. The van der Waals surface area contributed by atoms with Crippen LogP contribution in [0.3, 0.4) is 0 Å². The molecule has 0 aliphatic carbocycles. The summed E-state index contributed by atoms with van der Waals surface area (Å²) in [6.07, 6.45) is 1.82. The number of halogens is 1. The highest BCUT2D eigenvalue weighted by molar-refractivity contribution is 6.30. The number of hydrogen-bond donors (Lipinski definition) is 3. The minimum atomic E-state index is -0.913. The van der Waals surface area contributed by atoms with Crippen molar-refractivity contribution >= 4 is 23.5 Å². The number of ether oxygens (including phenoxy) is 1. The monoisotopic (exact) mass is 443 g/mol. The third-order valence-electron chi connectivity index (χ3n) is 4.61. The number of nitrogens with two attached hydrogens (primary N) is 1. The summed E-state index contributed by atoms with van der Waals surface area (Å²) in [5.74, 6) is -0.830. The molecule has 162 valence electrons. The molecule has 1 heterocycles. The minimum absolute atomic E-state index is 0.00108. The lowest BCUT2D eigenvalue weighted by Crippen LogP contribution is -2.43. The van der Waals surface area contributed by atoms with E-state index in [1.165, 1.54) is 13.4 Å². The Morgan fingerprint density at radius 3 is 2.39 bits per heavy atom. The van der Waals surface area contributed by atoms with Crippen LogP contribution in [0.2, 0.25) is 5.02 Å². The third kappa shape index (κ3) is 6.07. The molecule has 8 nitrogen and oxygen atoms in total. The SMILES string of the molecule is COC(=O)C(Cc1ccc(Cl)cc1)NC(=O)c1coc(C(N)Cc2ccc(O)cc2)n1. The summed E-state index contributed by atoms with van der Waals surface area (Å²) in [5, 5.41) is 12.5. The maximum atomic E-state index is 12.6. The Balaban J connectivity index is 1.66. The van der Waals surface area contributed by atoms with Gasteiger partial charge in [0.05, 0.1) is 13.2 Å². The molecule has 3 aromatic rings. The predicted molar refractivity (Wildman–Crippen MR) is 114 cm³/mol. The van der Waals surface area contributed by atoms with Gasteiger partial charge in [-0.2, -0.15) is 0 Å². The van der Waals surface area contributed by atoms with E-state index in [1.807, 2.05) is 0 Å². The highest BCUT2D eigenvalue weighted by Crippen LogP contribution is 2.18. The largest absolute Gasteiger partial charge is 0.508 e. The number of phenols is 1. The first-order valence-corrected chi connectivity index (χ1v) is 9.85. The average molecular weight is 444 g/mol. The van der Waals surface area contributed by atoms with Crippen molar-refractivity contribution in [2.24, 2.45) is 5.73 Å². The molecule has 1 amide bonds. The van der Waals surface area contributed by atoms with Gasteiger partial charge in [-0.1, -0.05) is 35.9 Å². The molecule has 0 saturated heterocycles. The minimum Gasteiger partial charge on any atom is -0.508 e. The van der Waals surface area contributed by atoms with Crippen molar-refractivity contribution < 1.29 is 23.8 Å². The van der Waals surface area contributed by atoms with Crippen LogP contribution in [0, 0.1) is 0 Å². The third-order valence-corrected chi connectivity index (χ3v) is 4.86. The van der Waals surface area contributed by atoms with E-state index in [0.717, 1.165) is 11.1 Å². The van der Waals surface area contributed by atoms with Gasteiger partial charge in [0.25, 0.3) is 5.91 Å². The highest BCUT2D eigenvalue weighted by atomic mass is 35.5. The number of rotatable bonds is 8. The van der Waals surface area contributed by atoms with E-state index in [2.05, 4.69) is 10.3 Å². The number of aromatic hydroxyl groups is 1. The number of hydrogen-bond acceptors (Lipinski definition) is 7. The number of oxazole rings is 1. The van der Waals surface area contributed by atoms with Crippen molar-refractivity contribution in [3.05, 3.63) is 82.5 Å². The van der Waals surface area contributed by atoms with Crippen LogP contribution in [0.4, 0.5) is 0 Å². The van der Waals surface area contributed by atoms with Crippen molar-refractivity contribution in [1.29, 1.82) is 0 Å². The Hall–Kier alpha value is -3.36. The Bertz CT molecular complexity index is 1030. The van der Waals surface area contributed by atoms with Crippen LogP contribution >= 0.6 is 11.6 Å². The van der Waals surface area contributed by atoms with Gasteiger partial charge in [-0.05, 0) is 41.8 Å². The lowest BCUT2D eigenvalue weighted by Gasteiger charge is -2.16. The molecule has 2 atom stereocenters. The first kappa shape index (κ1) is 22.3. The number of amides is 1. The van der Waals surface area contributed by atoms with Crippen LogP contribution < -0.4 is 11.1 Å². The van der Waals surface area contributed by atoms with Gasteiger partial charge < -0.3 is 25.3 Å². The van der Waals surface area contributed by atoms with Gasteiger partial charge in [0.2, 0.25) is 5.89 Å². The van der Waals surface area contributed by atoms with Gasteiger partial charge in [0.15, 0.2) is 5.69 Å². The quantitative estimate of drug-likeness (QED) is 0.456. The number of benzene rings is 2. The van der Waals surface area contributed by atoms with Crippen LogP contribution in [0.15, 0.2) is 59.2 Å². The Labute approximate surface area is 184 Å². The van der Waals surface area contributed by atoms with Crippen molar-refractivity contribution in [2.45, 2.75) is 24.9 Å². The normalized spacial score (nSPS) is 12.7. The van der Waals surface area contributed by atoms with Gasteiger partial charge in [0.1, 0.15) is 18.1 Å². The number of methoxy groups -OCH3 is 1. The lowest BCUT2D eigenvalue weighted by molar-refractivity contribution is -0.142. The molecule has 1 aromatic heterocycles. The van der Waals surface area contributed by atoms with E-state index < -0.39 is 24.0 Å². The van der Waals surface area contributed by atoms with E-state index >= 15 is 0 Å². The van der Waals surface area contributed by atoms with Crippen molar-refractivity contribution in [2.75, 3.05) is 7.11 Å². The molecule has 0 fully saturated rings. The molecule has 9 heteroatoms. The topological polar surface area (TPSA) is 128 Å². The molecular formula is C22H22ClN3O5. The summed E-state index contributed by atoms with van der Waals surface area (Å²) >= 11 is 5.89. The second kappa shape index (κ2) is 10.1. The van der Waals surface area contributed by atoms with Crippen molar-refractivity contribution in [3.8, 4) is 5.75 Å². The fourth-order valence-electron chi connectivity index (χ4n) is 2.96. The number of nitrogens with one attached hydrogen (secondary N) is 1. The Kier molecular flexibility index (Phi) is 7.28. The summed E-state index contributed by atoms with van der Waals surface area (Å²) in [7, 11) is 1.25. The summed E-state index contributed by atoms with van der Waals surface area (Å²) in [6.45, 7) is 0. The molecule has 3 rings (SSSR count). The maximum absolute atomic E-state index is 12.6. The number of nitrogens with zero attached hydrogens (tertiary/aromatic N) is 1. The van der Waals surface area contributed by atoms with Crippen LogP contribution in [0.5, 0.6) is 5.75 Å². The first-order valence-electron chi connectivity index (χ1n) is 9.47. The fraction of sp³-hybridized carbons (Fsp3) is 0.227. The van der Waals surface area contributed by atoms with E-state index in [-0.39, 0.29) is 23.8 Å². The van der Waals surface area contributed by atoms with Crippen LogP contribution in [-0.4, -0.2) is 35.1 Å². The molecule has 0 saturated carbocycles. The molecule has 0 aliphatic heterocycles. The molecule has 0 radical (unpaired) electrons. The molecule has 2 aromatic carbocycles. The molecule has 2 unspecified atom stereocenters. The van der Waals surface area contributed by atoms with E-state index in [4.69, 9.17) is 26.5 Å². The van der Waals surface area contributed by atoms with E-state index in [1.54, 1.807) is 48.5 Å². The van der Waals surface area contributed by atoms with Gasteiger partial charge in [-0.3, -0.25) is 4.79 Å². The summed E-state index contributed by atoms with van der Waals surface area (Å²) in [6, 6.07) is 12.0. The van der Waals surface area contributed by atoms with Gasteiger partial charge in [0, 0.05) is 11.4 Å². The smallest absolute Gasteiger partial charge is 0.328 e. The number of aromatic nitrogens is 1. The lowest BCUT2D eigenvalue weighted by atomic mass is 10.1. The van der Waals surface area contributed by atoms with Crippen LogP contribution in [0.25, 0.3) is 0 Å². The maximum Gasteiger partial charge on any atom is 0.328 e. The zero-order valence-electron chi connectivity index (χ0n) is 16.7.